The van der Waals surface area contributed by atoms with Crippen LogP contribution >= 0.6 is 12.4 Å². The highest BCUT2D eigenvalue weighted by Gasteiger charge is 2.36. The van der Waals surface area contributed by atoms with Gasteiger partial charge in [-0.1, -0.05) is 6.92 Å². The third-order valence-electron chi connectivity index (χ3n) is 5.66. The van der Waals surface area contributed by atoms with Gasteiger partial charge in [-0.2, -0.15) is 0 Å². The lowest BCUT2D eigenvalue weighted by Gasteiger charge is -2.44. The van der Waals surface area contributed by atoms with E-state index in [4.69, 9.17) is 4.74 Å². The van der Waals surface area contributed by atoms with Crippen LogP contribution in [-0.2, 0) is 9.59 Å². The molecule has 0 aliphatic carbocycles. The average molecular weight is 396 g/mol. The highest BCUT2D eigenvalue weighted by atomic mass is 35.5. The van der Waals surface area contributed by atoms with Crippen molar-refractivity contribution in [3.8, 4) is 5.75 Å². The fraction of sp³-hybridized carbons (Fsp3) is 0.600. The maximum absolute atomic E-state index is 12.4. The number of hydrogen-bond donors (Lipinski definition) is 2. The van der Waals surface area contributed by atoms with Gasteiger partial charge >= 0.3 is 0 Å². The fourth-order valence-corrected chi connectivity index (χ4v) is 3.81. The third kappa shape index (κ3) is 5.84. The lowest BCUT2D eigenvalue weighted by molar-refractivity contribution is -0.136. The van der Waals surface area contributed by atoms with Crippen molar-refractivity contribution in [3.63, 3.8) is 0 Å². The number of rotatable bonds is 5. The first-order valence-corrected chi connectivity index (χ1v) is 9.61. The van der Waals surface area contributed by atoms with Crippen LogP contribution in [0.25, 0.3) is 0 Å². The Kier molecular flexibility index (Phi) is 7.92. The first-order valence-electron chi connectivity index (χ1n) is 9.61. The summed E-state index contributed by atoms with van der Waals surface area (Å²) in [6, 6.07) is 7.13. The number of nitrogens with one attached hydrogen (secondary N) is 2. The number of likely N-dealkylation sites (tertiary alicyclic amines) is 1. The van der Waals surface area contributed by atoms with Gasteiger partial charge in [0.15, 0.2) is 6.61 Å². The van der Waals surface area contributed by atoms with Crippen LogP contribution < -0.4 is 15.4 Å². The third-order valence-corrected chi connectivity index (χ3v) is 5.66. The van der Waals surface area contributed by atoms with Crippen LogP contribution in [0.3, 0.4) is 0 Å². The molecule has 7 heteroatoms. The zero-order chi connectivity index (χ0) is 18.4. The van der Waals surface area contributed by atoms with E-state index < -0.39 is 0 Å². The number of hydrogen-bond acceptors (Lipinski definition) is 4. The lowest BCUT2D eigenvalue weighted by atomic mass is 9.71. The molecule has 0 unspecified atom stereocenters. The Labute approximate surface area is 167 Å². The Morgan fingerprint density at radius 2 is 1.74 bits per heavy atom. The molecule has 1 aromatic rings. The minimum Gasteiger partial charge on any atom is -0.484 e. The molecule has 2 fully saturated rings. The van der Waals surface area contributed by atoms with Crippen LogP contribution in [0.4, 0.5) is 5.69 Å². The molecule has 1 aromatic carbocycles. The van der Waals surface area contributed by atoms with Crippen molar-refractivity contribution in [2.75, 3.05) is 38.1 Å². The molecule has 0 saturated carbocycles. The van der Waals surface area contributed by atoms with Gasteiger partial charge in [-0.05, 0) is 68.5 Å². The number of halogens is 1. The number of amides is 2. The molecule has 2 heterocycles. The van der Waals surface area contributed by atoms with Gasteiger partial charge in [0, 0.05) is 25.2 Å². The smallest absolute Gasteiger partial charge is 0.260 e. The monoisotopic (exact) mass is 395 g/mol. The largest absolute Gasteiger partial charge is 0.484 e. The van der Waals surface area contributed by atoms with E-state index >= 15 is 0 Å². The summed E-state index contributed by atoms with van der Waals surface area (Å²) in [6.07, 6.45) is 5.11. The molecule has 0 atom stereocenters. The van der Waals surface area contributed by atoms with Gasteiger partial charge in [-0.3, -0.25) is 9.59 Å². The van der Waals surface area contributed by atoms with E-state index in [0.717, 1.165) is 44.7 Å². The molecule has 2 aliphatic rings. The molecule has 0 bridgehead atoms. The van der Waals surface area contributed by atoms with E-state index in [2.05, 4.69) is 10.6 Å². The second kappa shape index (κ2) is 9.95. The maximum Gasteiger partial charge on any atom is 0.260 e. The lowest BCUT2D eigenvalue weighted by Crippen LogP contribution is -2.48. The Hall–Kier alpha value is -1.79. The Morgan fingerprint density at radius 3 is 2.33 bits per heavy atom. The van der Waals surface area contributed by atoms with Crippen LogP contribution in [0, 0.1) is 5.41 Å². The summed E-state index contributed by atoms with van der Waals surface area (Å²) < 4.78 is 5.63. The van der Waals surface area contributed by atoms with Crippen LogP contribution in [0.1, 0.15) is 39.0 Å². The van der Waals surface area contributed by atoms with Gasteiger partial charge in [0.1, 0.15) is 5.75 Å². The molecule has 6 nitrogen and oxygen atoms in total. The summed E-state index contributed by atoms with van der Waals surface area (Å²) in [7, 11) is 0. The van der Waals surface area contributed by atoms with Gasteiger partial charge in [-0.25, -0.2) is 0 Å². The number of carbonyl (C=O) groups excluding carboxylic acids is 2. The molecule has 0 radical (unpaired) electrons. The van der Waals surface area contributed by atoms with Crippen LogP contribution in [0.5, 0.6) is 5.75 Å². The number of piperidine rings is 2. The fourth-order valence-electron chi connectivity index (χ4n) is 3.81. The quantitative estimate of drug-likeness (QED) is 0.804. The van der Waals surface area contributed by atoms with E-state index in [1.54, 1.807) is 24.3 Å². The van der Waals surface area contributed by atoms with Crippen molar-refractivity contribution in [3.05, 3.63) is 24.3 Å². The normalized spacial score (nSPS) is 18.5. The van der Waals surface area contributed by atoms with Gasteiger partial charge < -0.3 is 20.3 Å². The summed E-state index contributed by atoms with van der Waals surface area (Å²) in [5.41, 5.74) is 1.18. The van der Waals surface area contributed by atoms with Crippen molar-refractivity contribution < 1.29 is 14.3 Å². The van der Waals surface area contributed by atoms with Crippen LogP contribution in [0.15, 0.2) is 24.3 Å². The van der Waals surface area contributed by atoms with E-state index in [1.807, 2.05) is 11.8 Å². The summed E-state index contributed by atoms with van der Waals surface area (Å²) >= 11 is 0. The highest BCUT2D eigenvalue weighted by Crippen LogP contribution is 2.39. The minimum absolute atomic E-state index is 0. The van der Waals surface area contributed by atoms with Crippen molar-refractivity contribution in [2.45, 2.75) is 39.0 Å². The Balaban J connectivity index is 0.00000261. The zero-order valence-electron chi connectivity index (χ0n) is 16.0. The molecule has 0 aromatic heterocycles. The summed E-state index contributed by atoms with van der Waals surface area (Å²) in [4.78, 5) is 25.7. The average Bonchev–Trinajstić information content (AvgIpc) is 2.68. The SMILES string of the molecule is CCC(=O)Nc1ccc(OCC(=O)N2CCC3(CCNCC3)CC2)cc1.Cl. The summed E-state index contributed by atoms with van der Waals surface area (Å²) in [5, 5.41) is 6.21. The van der Waals surface area contributed by atoms with E-state index in [-0.39, 0.29) is 30.8 Å². The van der Waals surface area contributed by atoms with Crippen molar-refractivity contribution in [2.24, 2.45) is 5.41 Å². The predicted molar refractivity (Wildman–Crippen MR) is 108 cm³/mol. The van der Waals surface area contributed by atoms with Gasteiger partial charge in [0.25, 0.3) is 5.91 Å². The van der Waals surface area contributed by atoms with E-state index in [9.17, 15) is 9.59 Å². The molecular formula is C20H30ClN3O3. The topological polar surface area (TPSA) is 70.7 Å². The van der Waals surface area contributed by atoms with Crippen molar-refractivity contribution in [1.29, 1.82) is 0 Å². The second-order valence-electron chi connectivity index (χ2n) is 7.35. The first-order chi connectivity index (χ1) is 12.6. The molecule has 1 spiro atoms. The van der Waals surface area contributed by atoms with Crippen molar-refractivity contribution in [1.82, 2.24) is 10.2 Å². The van der Waals surface area contributed by atoms with Gasteiger partial charge in [0.05, 0.1) is 0 Å². The second-order valence-corrected chi connectivity index (χ2v) is 7.35. The first kappa shape index (κ1) is 21.5. The number of carbonyl (C=O) groups is 2. The standard InChI is InChI=1S/C20H29N3O3.ClH/c1-2-18(24)22-16-3-5-17(6-4-16)26-15-19(25)23-13-9-20(10-14-23)7-11-21-12-8-20;/h3-6,21H,2,7-15H2,1H3,(H,22,24);1H. The highest BCUT2D eigenvalue weighted by molar-refractivity contribution is 5.90. The number of benzene rings is 1. The summed E-state index contributed by atoms with van der Waals surface area (Å²) in [5.74, 6) is 0.669. The Morgan fingerprint density at radius 1 is 1.11 bits per heavy atom. The van der Waals surface area contributed by atoms with E-state index in [0.29, 0.717) is 17.6 Å². The molecule has 2 N–H and O–H groups in total. The number of nitrogens with zero attached hydrogens (tertiary/aromatic N) is 1. The van der Waals surface area contributed by atoms with Crippen LogP contribution in [-0.4, -0.2) is 49.5 Å². The van der Waals surface area contributed by atoms with Gasteiger partial charge in [0.2, 0.25) is 5.91 Å². The molecule has 3 rings (SSSR count). The van der Waals surface area contributed by atoms with E-state index in [1.165, 1.54) is 12.8 Å². The number of anilines is 1. The maximum atomic E-state index is 12.4. The summed E-state index contributed by atoms with van der Waals surface area (Å²) in [6.45, 7) is 5.76. The predicted octanol–water partition coefficient (Wildman–Crippen LogP) is 2.83. The van der Waals surface area contributed by atoms with Gasteiger partial charge in [-0.15, -0.1) is 12.4 Å². The minimum atomic E-state index is -0.0227. The Bertz CT molecular complexity index is 620. The molecule has 2 amide bonds. The molecule has 27 heavy (non-hydrogen) atoms. The molecule has 150 valence electrons. The zero-order valence-corrected chi connectivity index (χ0v) is 16.8. The molecule has 2 aliphatic heterocycles. The van der Waals surface area contributed by atoms with Crippen LogP contribution in [0.2, 0.25) is 0 Å². The molecule has 2 saturated heterocycles. The molecular weight excluding hydrogens is 366 g/mol. The van der Waals surface area contributed by atoms with Crippen molar-refractivity contribution >= 4 is 29.9 Å². The number of ether oxygens (including phenoxy) is 1.